The minimum Gasteiger partial charge on any atom is -0.755 e. The third kappa shape index (κ3) is 4.91. The molecule has 0 aliphatic heterocycles. The van der Waals surface area contributed by atoms with Gasteiger partial charge in [0.05, 0.1) is 37.8 Å². The summed E-state index contributed by atoms with van der Waals surface area (Å²) in [6.45, 7) is 1.02. The molecule has 0 amide bonds. The van der Waals surface area contributed by atoms with E-state index in [0.29, 0.717) is 20.2 Å². The van der Waals surface area contributed by atoms with Crippen molar-refractivity contribution < 1.29 is 41.3 Å². The Morgan fingerprint density at radius 3 is 2.45 bits per heavy atom. The van der Waals surface area contributed by atoms with Crippen molar-refractivity contribution in [2.24, 2.45) is 0 Å². The van der Waals surface area contributed by atoms with E-state index in [1.165, 1.54) is 13.1 Å². The van der Waals surface area contributed by atoms with Crippen LogP contribution in [0.1, 0.15) is 6.92 Å². The highest BCUT2D eigenvalue weighted by Gasteiger charge is 2.46. The molecule has 0 radical (unpaired) electrons. The number of halogens is 3. The average molecular weight is 506 g/mol. The van der Waals surface area contributed by atoms with Gasteiger partial charge in [0.2, 0.25) is 5.95 Å². The number of aromatic amines is 1. The number of methoxy groups -OCH3 is 2. The summed E-state index contributed by atoms with van der Waals surface area (Å²) in [7, 11) is 2.13. The Bertz CT molecular complexity index is 1180. The molecule has 3 aromatic rings. The fourth-order valence-corrected chi connectivity index (χ4v) is 3.44. The van der Waals surface area contributed by atoms with Gasteiger partial charge in [0.1, 0.15) is 0 Å². The SMILES string of the molecule is CCOC(=O)C(F)(F)Oc1c(OC)nc(N(c2c[nH]c3cc(Cl)ccc23)S(=O)[O-])nc1OC. The first-order chi connectivity index (χ1) is 15.6. The van der Waals surface area contributed by atoms with Gasteiger partial charge < -0.3 is 28.5 Å². The number of ether oxygens (including phenoxy) is 4. The zero-order valence-corrected chi connectivity index (χ0v) is 18.8. The van der Waals surface area contributed by atoms with Crippen LogP contribution in [-0.4, -0.2) is 56.6 Å². The molecule has 178 valence electrons. The van der Waals surface area contributed by atoms with Crippen LogP contribution in [0, 0.1) is 0 Å². The van der Waals surface area contributed by atoms with Crippen LogP contribution < -0.4 is 18.5 Å². The van der Waals surface area contributed by atoms with Crippen molar-refractivity contribution in [1.82, 2.24) is 15.0 Å². The molecule has 0 aliphatic carbocycles. The fraction of sp³-hybridized carbons (Fsp3) is 0.278. The van der Waals surface area contributed by atoms with Gasteiger partial charge in [-0.1, -0.05) is 11.6 Å². The standard InChI is InChI=1S/C18H17ClF2N4O7S/c1-4-31-16(26)18(20,21)32-13-14(29-2)23-17(24-15(13)30-3)25(33(27)28)12-8-22-11-7-9(19)5-6-10(11)12/h5-8,22H,4H2,1-3H3,(H,27,28)/p-1. The van der Waals surface area contributed by atoms with Gasteiger partial charge in [-0.2, -0.15) is 18.7 Å². The summed E-state index contributed by atoms with van der Waals surface area (Å²) in [4.78, 5) is 22.1. The largest absolute Gasteiger partial charge is 0.755 e. The van der Waals surface area contributed by atoms with Crippen LogP contribution in [0.4, 0.5) is 20.4 Å². The highest BCUT2D eigenvalue weighted by Crippen LogP contribution is 2.41. The Balaban J connectivity index is 2.12. The molecule has 2 aromatic heterocycles. The average Bonchev–Trinajstić information content (AvgIpc) is 3.16. The highest BCUT2D eigenvalue weighted by molar-refractivity contribution is 7.81. The zero-order chi connectivity index (χ0) is 24.3. The van der Waals surface area contributed by atoms with Gasteiger partial charge in [0.15, 0.2) is 0 Å². The number of aromatic nitrogens is 3. The van der Waals surface area contributed by atoms with Gasteiger partial charge in [-0.3, -0.25) is 4.21 Å². The molecule has 1 N–H and O–H groups in total. The van der Waals surface area contributed by atoms with Gasteiger partial charge in [0, 0.05) is 22.1 Å². The van der Waals surface area contributed by atoms with E-state index < -0.39 is 46.8 Å². The van der Waals surface area contributed by atoms with Crippen LogP contribution >= 0.6 is 11.6 Å². The first kappa shape index (κ1) is 24.4. The Hall–Kier alpha value is -3.23. The topological polar surface area (TPSA) is 139 Å². The smallest absolute Gasteiger partial charge is 0.502 e. The van der Waals surface area contributed by atoms with E-state index in [9.17, 15) is 22.3 Å². The first-order valence-electron chi connectivity index (χ1n) is 9.03. The Morgan fingerprint density at radius 2 is 1.91 bits per heavy atom. The van der Waals surface area contributed by atoms with Crippen molar-refractivity contribution in [2.45, 2.75) is 13.0 Å². The lowest BCUT2D eigenvalue weighted by Crippen LogP contribution is -2.37. The van der Waals surface area contributed by atoms with E-state index in [4.69, 9.17) is 21.1 Å². The number of nitrogens with zero attached hydrogens (tertiary/aromatic N) is 3. The molecule has 2 heterocycles. The molecule has 15 heteroatoms. The van der Waals surface area contributed by atoms with Crippen LogP contribution in [0.5, 0.6) is 17.5 Å². The van der Waals surface area contributed by atoms with E-state index in [0.717, 1.165) is 14.2 Å². The molecule has 0 fully saturated rings. The molecule has 0 spiro atoms. The maximum absolute atomic E-state index is 14.2. The molecule has 11 nitrogen and oxygen atoms in total. The van der Waals surface area contributed by atoms with Crippen molar-refractivity contribution >= 4 is 51.4 Å². The molecular weight excluding hydrogens is 490 g/mol. The molecule has 0 saturated heterocycles. The van der Waals surface area contributed by atoms with E-state index in [2.05, 4.69) is 24.4 Å². The van der Waals surface area contributed by atoms with Crippen LogP contribution in [0.25, 0.3) is 10.9 Å². The van der Waals surface area contributed by atoms with Gasteiger partial charge in [-0.15, -0.1) is 0 Å². The number of anilines is 2. The number of hydrogen-bond acceptors (Lipinski definition) is 9. The van der Waals surface area contributed by atoms with E-state index in [1.54, 1.807) is 18.2 Å². The number of carbonyl (C=O) groups is 1. The normalized spacial score (nSPS) is 12.3. The lowest BCUT2D eigenvalue weighted by molar-refractivity contribution is -0.217. The number of alkyl halides is 2. The number of H-pyrrole nitrogens is 1. The third-order valence-electron chi connectivity index (χ3n) is 4.09. The summed E-state index contributed by atoms with van der Waals surface area (Å²) in [5.41, 5.74) is 0.616. The number of benzene rings is 1. The minimum absolute atomic E-state index is 0.102. The Kier molecular flexibility index (Phi) is 7.19. The van der Waals surface area contributed by atoms with Gasteiger partial charge in [0.25, 0.3) is 17.5 Å². The van der Waals surface area contributed by atoms with E-state index in [1.807, 2.05) is 0 Å². The van der Waals surface area contributed by atoms with E-state index in [-0.39, 0.29) is 12.3 Å². The number of nitrogens with one attached hydrogen (secondary N) is 1. The first-order valence-corrected chi connectivity index (χ1v) is 10.4. The summed E-state index contributed by atoms with van der Waals surface area (Å²) < 4.78 is 71.8. The number of esters is 1. The second-order valence-corrected chi connectivity index (χ2v) is 7.32. The van der Waals surface area contributed by atoms with Crippen molar-refractivity contribution in [3.63, 3.8) is 0 Å². The van der Waals surface area contributed by atoms with E-state index >= 15 is 0 Å². The van der Waals surface area contributed by atoms with Crippen LogP contribution in [0.3, 0.4) is 0 Å². The quantitative estimate of drug-likeness (QED) is 0.343. The third-order valence-corrected chi connectivity index (χ3v) is 4.99. The van der Waals surface area contributed by atoms with Gasteiger partial charge in [-0.25, -0.2) is 9.10 Å². The summed E-state index contributed by atoms with van der Waals surface area (Å²) >= 11 is 2.99. The van der Waals surface area contributed by atoms with Crippen LogP contribution in [0.15, 0.2) is 24.4 Å². The summed E-state index contributed by atoms with van der Waals surface area (Å²) in [5, 5.41) is 0.855. The molecule has 33 heavy (non-hydrogen) atoms. The molecule has 0 aliphatic rings. The molecule has 1 aromatic carbocycles. The predicted octanol–water partition coefficient (Wildman–Crippen LogP) is 3.10. The lowest BCUT2D eigenvalue weighted by atomic mass is 10.2. The van der Waals surface area contributed by atoms with Crippen LogP contribution in [-0.2, 0) is 20.8 Å². The highest BCUT2D eigenvalue weighted by atomic mass is 35.5. The van der Waals surface area contributed by atoms with Gasteiger partial charge in [-0.05, 0) is 25.1 Å². The maximum atomic E-state index is 14.2. The molecule has 1 atom stereocenters. The molecule has 3 rings (SSSR count). The molecular formula is C18H16ClF2N4O7S-. The Morgan fingerprint density at radius 1 is 1.27 bits per heavy atom. The van der Waals surface area contributed by atoms with Gasteiger partial charge >= 0.3 is 12.1 Å². The number of rotatable bonds is 9. The molecule has 0 bridgehead atoms. The van der Waals surface area contributed by atoms with Crippen LogP contribution in [0.2, 0.25) is 5.02 Å². The van der Waals surface area contributed by atoms with Crippen molar-refractivity contribution in [3.05, 3.63) is 29.4 Å². The summed E-state index contributed by atoms with van der Waals surface area (Å²) in [6.07, 6.45) is -3.07. The number of carbonyl (C=O) groups excluding carboxylic acids is 1. The minimum atomic E-state index is -4.43. The maximum Gasteiger partial charge on any atom is 0.502 e. The summed E-state index contributed by atoms with van der Waals surface area (Å²) in [6, 6.07) is 4.68. The molecule has 0 saturated carbocycles. The van der Waals surface area contributed by atoms with Crippen molar-refractivity contribution in [3.8, 4) is 17.5 Å². The van der Waals surface area contributed by atoms with Crippen molar-refractivity contribution in [2.75, 3.05) is 25.1 Å². The summed E-state index contributed by atoms with van der Waals surface area (Å²) in [5.74, 6) is -4.57. The fourth-order valence-electron chi connectivity index (χ4n) is 2.75. The molecule has 1 unspecified atom stereocenters. The second kappa shape index (κ2) is 9.72. The number of fused-ring (bicyclic) bond motifs is 1. The monoisotopic (exact) mass is 505 g/mol. The zero-order valence-electron chi connectivity index (χ0n) is 17.3. The number of hydrogen-bond donors (Lipinski definition) is 1. The Labute approximate surface area is 193 Å². The predicted molar refractivity (Wildman–Crippen MR) is 112 cm³/mol. The second-order valence-electron chi connectivity index (χ2n) is 6.09. The lowest BCUT2D eigenvalue weighted by Gasteiger charge is -2.25. The van der Waals surface area contributed by atoms with Crippen molar-refractivity contribution in [1.29, 1.82) is 0 Å².